The van der Waals surface area contributed by atoms with Gasteiger partial charge < -0.3 is 4.90 Å². The third-order valence-corrected chi connectivity index (χ3v) is 3.56. The molecule has 1 saturated heterocycles. The summed E-state index contributed by atoms with van der Waals surface area (Å²) in [5, 5.41) is 0. The lowest BCUT2D eigenvalue weighted by atomic mass is 9.88. The fourth-order valence-electron chi connectivity index (χ4n) is 2.25. The van der Waals surface area contributed by atoms with Gasteiger partial charge in [-0.3, -0.25) is 9.78 Å². The average molecular weight is 246 g/mol. The molecule has 3 heteroatoms. The van der Waals surface area contributed by atoms with Crippen LogP contribution in [0.1, 0.15) is 50.2 Å². The van der Waals surface area contributed by atoms with E-state index in [1.165, 1.54) is 0 Å². The average Bonchev–Trinajstić information content (AvgIpc) is 2.74. The lowest BCUT2D eigenvalue weighted by molar-refractivity contribution is 0.0782. The molecule has 0 spiro atoms. The van der Waals surface area contributed by atoms with Gasteiger partial charge in [0.05, 0.1) is 0 Å². The number of nitrogens with zero attached hydrogens (tertiary/aromatic N) is 2. The van der Waals surface area contributed by atoms with Crippen molar-refractivity contribution in [3.8, 4) is 0 Å². The molecular formula is C15H22N2O. The van der Waals surface area contributed by atoms with Crippen LogP contribution in [-0.2, 0) is 5.41 Å². The molecular weight excluding hydrogens is 224 g/mol. The highest BCUT2D eigenvalue weighted by atomic mass is 16.2. The van der Waals surface area contributed by atoms with Crippen molar-refractivity contribution in [1.29, 1.82) is 0 Å². The minimum Gasteiger partial charge on any atom is -0.337 e. The van der Waals surface area contributed by atoms with Crippen LogP contribution in [0.5, 0.6) is 0 Å². The molecule has 0 bridgehead atoms. The maximum atomic E-state index is 12.2. The summed E-state index contributed by atoms with van der Waals surface area (Å²) in [6.07, 6.45) is 2.93. The molecule has 18 heavy (non-hydrogen) atoms. The number of hydrogen-bond acceptors (Lipinski definition) is 2. The summed E-state index contributed by atoms with van der Waals surface area (Å²) in [6.45, 7) is 10.3. The lowest BCUT2D eigenvalue weighted by Gasteiger charge is -2.19. The molecule has 1 aromatic rings. The molecule has 1 fully saturated rings. The second-order valence-electron chi connectivity index (χ2n) is 6.33. The number of pyridine rings is 1. The van der Waals surface area contributed by atoms with Crippen LogP contribution in [0, 0.1) is 5.92 Å². The molecule has 0 aliphatic carbocycles. The third kappa shape index (κ3) is 2.71. The first-order valence-electron chi connectivity index (χ1n) is 6.64. The van der Waals surface area contributed by atoms with Gasteiger partial charge in [-0.1, -0.05) is 33.8 Å². The van der Waals surface area contributed by atoms with Gasteiger partial charge in [0.2, 0.25) is 0 Å². The van der Waals surface area contributed by atoms with Crippen LogP contribution in [0.25, 0.3) is 0 Å². The van der Waals surface area contributed by atoms with Gasteiger partial charge in [-0.2, -0.15) is 0 Å². The zero-order chi connectivity index (χ0) is 13.3. The second kappa shape index (κ2) is 4.71. The largest absolute Gasteiger partial charge is 0.337 e. The molecule has 98 valence electrons. The summed E-state index contributed by atoms with van der Waals surface area (Å²) in [5.74, 6) is 0.683. The van der Waals surface area contributed by atoms with Crippen molar-refractivity contribution in [2.45, 2.75) is 39.5 Å². The Bertz CT molecular complexity index is 431. The number of likely N-dealkylation sites (tertiary alicyclic amines) is 1. The molecule has 1 amide bonds. The monoisotopic (exact) mass is 246 g/mol. The number of aromatic nitrogens is 1. The summed E-state index contributed by atoms with van der Waals surface area (Å²) in [7, 11) is 0. The first-order chi connectivity index (χ1) is 8.38. The summed E-state index contributed by atoms with van der Waals surface area (Å²) in [6, 6.07) is 3.87. The van der Waals surface area contributed by atoms with Crippen LogP contribution in [0.2, 0.25) is 0 Å². The highest BCUT2D eigenvalue weighted by Crippen LogP contribution is 2.22. The molecule has 0 aromatic carbocycles. The zero-order valence-electron chi connectivity index (χ0n) is 11.7. The van der Waals surface area contributed by atoms with Crippen LogP contribution >= 0.6 is 0 Å². The predicted molar refractivity (Wildman–Crippen MR) is 72.6 cm³/mol. The van der Waals surface area contributed by atoms with Crippen molar-refractivity contribution in [3.63, 3.8) is 0 Å². The van der Waals surface area contributed by atoms with Crippen LogP contribution in [0.15, 0.2) is 18.3 Å². The van der Waals surface area contributed by atoms with Gasteiger partial charge in [0.15, 0.2) is 0 Å². The molecule has 2 heterocycles. The molecule has 1 aliphatic heterocycles. The van der Waals surface area contributed by atoms with Gasteiger partial charge in [0, 0.05) is 19.3 Å². The second-order valence-corrected chi connectivity index (χ2v) is 6.33. The topological polar surface area (TPSA) is 33.2 Å². The van der Waals surface area contributed by atoms with E-state index in [1.54, 1.807) is 0 Å². The molecule has 1 atom stereocenters. The Morgan fingerprint density at radius 2 is 2.11 bits per heavy atom. The normalized spacial score (nSPS) is 20.2. The Morgan fingerprint density at radius 1 is 1.39 bits per heavy atom. The molecule has 3 nitrogen and oxygen atoms in total. The minimum absolute atomic E-state index is 0.0693. The van der Waals surface area contributed by atoms with Crippen LogP contribution < -0.4 is 0 Å². The van der Waals surface area contributed by atoms with Crippen molar-refractivity contribution in [2.24, 2.45) is 5.92 Å². The number of hydrogen-bond donors (Lipinski definition) is 0. The smallest absolute Gasteiger partial charge is 0.272 e. The lowest BCUT2D eigenvalue weighted by Crippen LogP contribution is -2.29. The Morgan fingerprint density at radius 3 is 2.56 bits per heavy atom. The molecule has 0 saturated carbocycles. The summed E-state index contributed by atoms with van der Waals surface area (Å²) in [5.41, 5.74) is 1.81. The molecule has 1 aromatic heterocycles. The van der Waals surface area contributed by atoms with Gasteiger partial charge in [-0.25, -0.2) is 0 Å². The summed E-state index contributed by atoms with van der Waals surface area (Å²) >= 11 is 0. The van der Waals surface area contributed by atoms with E-state index < -0.39 is 0 Å². The van der Waals surface area contributed by atoms with E-state index in [9.17, 15) is 4.79 Å². The summed E-state index contributed by atoms with van der Waals surface area (Å²) < 4.78 is 0. The van der Waals surface area contributed by atoms with Gasteiger partial charge in [-0.15, -0.1) is 0 Å². The number of rotatable bonds is 1. The van der Waals surface area contributed by atoms with Crippen molar-refractivity contribution in [1.82, 2.24) is 9.88 Å². The van der Waals surface area contributed by atoms with E-state index in [1.807, 2.05) is 23.2 Å². The van der Waals surface area contributed by atoms with Gasteiger partial charge in [0.1, 0.15) is 5.69 Å². The van der Waals surface area contributed by atoms with Crippen LogP contribution in [-0.4, -0.2) is 28.9 Å². The van der Waals surface area contributed by atoms with Crippen molar-refractivity contribution in [3.05, 3.63) is 29.6 Å². The first-order valence-corrected chi connectivity index (χ1v) is 6.64. The van der Waals surface area contributed by atoms with Gasteiger partial charge >= 0.3 is 0 Å². The first kappa shape index (κ1) is 13.1. The molecule has 1 aliphatic rings. The van der Waals surface area contributed by atoms with E-state index in [4.69, 9.17) is 0 Å². The fraction of sp³-hybridized carbons (Fsp3) is 0.600. The minimum atomic E-state index is 0.0693. The predicted octanol–water partition coefficient (Wildman–Crippen LogP) is 2.86. The van der Waals surface area contributed by atoms with E-state index in [2.05, 4.69) is 32.7 Å². The Balaban J connectivity index is 2.12. The maximum Gasteiger partial charge on any atom is 0.272 e. The van der Waals surface area contributed by atoms with Crippen molar-refractivity contribution >= 4 is 5.91 Å². The maximum absolute atomic E-state index is 12.2. The Kier molecular flexibility index (Phi) is 3.42. The van der Waals surface area contributed by atoms with Crippen LogP contribution in [0.3, 0.4) is 0 Å². The van der Waals surface area contributed by atoms with Crippen molar-refractivity contribution < 1.29 is 4.79 Å². The van der Waals surface area contributed by atoms with E-state index in [-0.39, 0.29) is 11.3 Å². The highest BCUT2D eigenvalue weighted by Gasteiger charge is 2.25. The third-order valence-electron chi connectivity index (χ3n) is 3.56. The SMILES string of the molecule is C[C@@H]1CCN(C(=O)c2ccc(C(C)(C)C)cn2)C1. The zero-order valence-corrected chi connectivity index (χ0v) is 11.7. The summed E-state index contributed by atoms with van der Waals surface area (Å²) in [4.78, 5) is 18.4. The molecule has 0 unspecified atom stereocenters. The number of carbonyl (C=O) groups is 1. The Labute approximate surface area is 109 Å². The quantitative estimate of drug-likeness (QED) is 0.763. The fourth-order valence-corrected chi connectivity index (χ4v) is 2.25. The van der Waals surface area contributed by atoms with Crippen LogP contribution in [0.4, 0.5) is 0 Å². The number of amides is 1. The molecule has 0 radical (unpaired) electrons. The Hall–Kier alpha value is -1.38. The van der Waals surface area contributed by atoms with E-state index >= 15 is 0 Å². The van der Waals surface area contributed by atoms with Crippen molar-refractivity contribution in [2.75, 3.05) is 13.1 Å². The van der Waals surface area contributed by atoms with Gasteiger partial charge in [-0.05, 0) is 29.4 Å². The number of carbonyl (C=O) groups excluding carboxylic acids is 1. The molecule has 0 N–H and O–H groups in total. The van der Waals surface area contributed by atoms with E-state index in [0.717, 1.165) is 25.1 Å². The highest BCUT2D eigenvalue weighted by molar-refractivity contribution is 5.92. The standard InChI is InChI=1S/C15H22N2O/c1-11-7-8-17(10-11)14(18)13-6-5-12(9-16-13)15(2,3)4/h5-6,9,11H,7-8,10H2,1-4H3/t11-/m1/s1. The molecule has 2 rings (SSSR count). The van der Waals surface area contributed by atoms with Gasteiger partial charge in [0.25, 0.3) is 5.91 Å². The van der Waals surface area contributed by atoms with E-state index in [0.29, 0.717) is 11.6 Å².